The zero-order valence-electron chi connectivity index (χ0n) is 10.6. The van der Waals surface area contributed by atoms with Crippen molar-refractivity contribution in [2.75, 3.05) is 13.1 Å². The van der Waals surface area contributed by atoms with Crippen molar-refractivity contribution in [1.29, 1.82) is 0 Å². The molecule has 2 nitrogen and oxygen atoms in total. The van der Waals surface area contributed by atoms with Crippen LogP contribution >= 0.6 is 0 Å². The fraction of sp³-hybridized carbons (Fsp3) is 0.571. The Labute approximate surface area is 98.7 Å². The smallest absolute Gasteiger partial charge is 0.0705 e. The minimum absolute atomic E-state index is 0.286. The molecule has 0 fully saturated rings. The lowest BCUT2D eigenvalue weighted by Crippen LogP contribution is -2.29. The molecule has 0 aliphatic carbocycles. The molecule has 1 aromatic carbocycles. The zero-order chi connectivity index (χ0) is 12.0. The third-order valence-electron chi connectivity index (χ3n) is 2.89. The van der Waals surface area contributed by atoms with Crippen molar-refractivity contribution in [3.05, 3.63) is 34.9 Å². The number of aliphatic hydroxyl groups excluding tert-OH is 1. The Morgan fingerprint density at radius 2 is 1.88 bits per heavy atom. The highest BCUT2D eigenvalue weighted by Crippen LogP contribution is 2.15. The van der Waals surface area contributed by atoms with Crippen LogP contribution in [0.25, 0.3) is 0 Å². The lowest BCUT2D eigenvalue weighted by Gasteiger charge is -2.15. The molecule has 0 radical (unpaired) electrons. The van der Waals surface area contributed by atoms with Gasteiger partial charge in [-0.25, -0.2) is 0 Å². The minimum Gasteiger partial charge on any atom is -0.391 e. The first-order valence-corrected chi connectivity index (χ1v) is 6.09. The summed E-state index contributed by atoms with van der Waals surface area (Å²) in [5.41, 5.74) is 3.83. The van der Waals surface area contributed by atoms with E-state index >= 15 is 0 Å². The first-order valence-electron chi connectivity index (χ1n) is 6.09. The third-order valence-corrected chi connectivity index (χ3v) is 2.89. The molecule has 90 valence electrons. The third kappa shape index (κ3) is 3.95. The van der Waals surface area contributed by atoms with E-state index < -0.39 is 0 Å². The number of nitrogens with one attached hydrogen (secondary N) is 1. The molecular weight excluding hydrogens is 198 g/mol. The first kappa shape index (κ1) is 13.2. The molecule has 1 unspecified atom stereocenters. The summed E-state index contributed by atoms with van der Waals surface area (Å²) in [6.07, 6.45) is 1.57. The molecule has 0 spiro atoms. The predicted molar refractivity (Wildman–Crippen MR) is 68.8 cm³/mol. The van der Waals surface area contributed by atoms with E-state index in [0.717, 1.165) is 19.4 Å². The van der Waals surface area contributed by atoms with Crippen LogP contribution in [0.3, 0.4) is 0 Å². The van der Waals surface area contributed by atoms with Gasteiger partial charge in [0.25, 0.3) is 0 Å². The fourth-order valence-corrected chi connectivity index (χ4v) is 1.92. The summed E-state index contributed by atoms with van der Waals surface area (Å²) in [5, 5.41) is 13.2. The largest absolute Gasteiger partial charge is 0.391 e. The van der Waals surface area contributed by atoms with Crippen LogP contribution in [0.5, 0.6) is 0 Å². The van der Waals surface area contributed by atoms with Crippen molar-refractivity contribution >= 4 is 0 Å². The second-order valence-electron chi connectivity index (χ2n) is 4.43. The molecule has 16 heavy (non-hydrogen) atoms. The van der Waals surface area contributed by atoms with Crippen molar-refractivity contribution in [3.8, 4) is 0 Å². The van der Waals surface area contributed by atoms with Crippen molar-refractivity contribution in [3.63, 3.8) is 0 Å². The van der Waals surface area contributed by atoms with E-state index in [1.165, 1.54) is 16.7 Å². The molecule has 2 N–H and O–H groups in total. The molecule has 0 aromatic heterocycles. The van der Waals surface area contributed by atoms with Crippen LogP contribution in [-0.2, 0) is 6.42 Å². The number of benzene rings is 1. The first-order chi connectivity index (χ1) is 7.65. The molecule has 0 bridgehead atoms. The minimum atomic E-state index is -0.286. The van der Waals surface area contributed by atoms with Gasteiger partial charge in [-0.3, -0.25) is 0 Å². The van der Waals surface area contributed by atoms with Gasteiger partial charge in [0.15, 0.2) is 0 Å². The Morgan fingerprint density at radius 3 is 2.44 bits per heavy atom. The normalized spacial score (nSPS) is 12.8. The molecule has 2 heteroatoms. The van der Waals surface area contributed by atoms with Gasteiger partial charge in [0.05, 0.1) is 6.10 Å². The van der Waals surface area contributed by atoms with E-state index in [1.54, 1.807) is 0 Å². The van der Waals surface area contributed by atoms with E-state index in [2.05, 4.69) is 44.3 Å². The summed E-state index contributed by atoms with van der Waals surface area (Å²) >= 11 is 0. The van der Waals surface area contributed by atoms with Crippen LogP contribution < -0.4 is 5.32 Å². The number of aryl methyl sites for hydroxylation is 2. The predicted octanol–water partition coefficient (Wildman–Crippen LogP) is 2.21. The van der Waals surface area contributed by atoms with Crippen LogP contribution in [-0.4, -0.2) is 24.3 Å². The highest BCUT2D eigenvalue weighted by molar-refractivity contribution is 5.33. The van der Waals surface area contributed by atoms with Gasteiger partial charge in [-0.1, -0.05) is 25.1 Å². The number of hydrogen-bond donors (Lipinski definition) is 2. The lowest BCUT2D eigenvalue weighted by atomic mass is 9.97. The molecule has 0 aliphatic rings. The van der Waals surface area contributed by atoms with Crippen LogP contribution in [0.4, 0.5) is 0 Å². The average Bonchev–Trinajstić information content (AvgIpc) is 2.24. The topological polar surface area (TPSA) is 32.3 Å². The van der Waals surface area contributed by atoms with Gasteiger partial charge in [0.2, 0.25) is 0 Å². The Bertz CT molecular complexity index is 302. The van der Waals surface area contributed by atoms with E-state index in [-0.39, 0.29) is 6.10 Å². The summed E-state index contributed by atoms with van der Waals surface area (Å²) in [5.74, 6) is 0. The van der Waals surface area contributed by atoms with Crippen LogP contribution in [0, 0.1) is 13.8 Å². The molecular formula is C14H23NO. The molecule has 1 rings (SSSR count). The van der Waals surface area contributed by atoms with E-state index in [1.807, 2.05) is 0 Å². The average molecular weight is 221 g/mol. The van der Waals surface area contributed by atoms with Gasteiger partial charge in [-0.05, 0) is 43.5 Å². The van der Waals surface area contributed by atoms with E-state index in [0.29, 0.717) is 6.54 Å². The van der Waals surface area contributed by atoms with Crippen molar-refractivity contribution in [2.45, 2.75) is 39.7 Å². The van der Waals surface area contributed by atoms with Gasteiger partial charge in [-0.15, -0.1) is 0 Å². The van der Waals surface area contributed by atoms with Crippen molar-refractivity contribution in [2.24, 2.45) is 0 Å². The summed E-state index contributed by atoms with van der Waals surface area (Å²) in [6.45, 7) is 8.00. The second-order valence-corrected chi connectivity index (χ2v) is 4.43. The van der Waals surface area contributed by atoms with Crippen molar-refractivity contribution in [1.82, 2.24) is 5.32 Å². The van der Waals surface area contributed by atoms with Crippen LogP contribution in [0.1, 0.15) is 30.0 Å². The maximum atomic E-state index is 9.92. The Kier molecular flexibility index (Phi) is 5.50. The number of rotatable bonds is 6. The highest BCUT2D eigenvalue weighted by atomic mass is 16.3. The van der Waals surface area contributed by atoms with Gasteiger partial charge in [0.1, 0.15) is 0 Å². The lowest BCUT2D eigenvalue weighted by molar-refractivity contribution is 0.172. The van der Waals surface area contributed by atoms with E-state index in [4.69, 9.17) is 0 Å². The second kappa shape index (κ2) is 6.66. The van der Waals surface area contributed by atoms with Gasteiger partial charge in [0, 0.05) is 13.0 Å². The summed E-state index contributed by atoms with van der Waals surface area (Å²) < 4.78 is 0. The van der Waals surface area contributed by atoms with Gasteiger partial charge in [-0.2, -0.15) is 0 Å². The molecule has 1 aromatic rings. The SMILES string of the molecule is CCCNCC(O)Cc1c(C)cccc1C. The summed E-state index contributed by atoms with van der Waals surface area (Å²) in [6, 6.07) is 6.28. The van der Waals surface area contributed by atoms with Gasteiger partial charge < -0.3 is 10.4 Å². The monoisotopic (exact) mass is 221 g/mol. The zero-order valence-corrected chi connectivity index (χ0v) is 10.6. The molecule has 0 saturated carbocycles. The van der Waals surface area contributed by atoms with E-state index in [9.17, 15) is 5.11 Å². The summed E-state index contributed by atoms with van der Waals surface area (Å²) in [4.78, 5) is 0. The highest BCUT2D eigenvalue weighted by Gasteiger charge is 2.08. The maximum absolute atomic E-state index is 9.92. The number of hydrogen-bond acceptors (Lipinski definition) is 2. The Hall–Kier alpha value is -0.860. The van der Waals surface area contributed by atoms with Crippen molar-refractivity contribution < 1.29 is 5.11 Å². The standard InChI is InChI=1S/C14H23NO/c1-4-8-15-10-13(16)9-14-11(2)6-5-7-12(14)3/h5-7,13,15-16H,4,8-10H2,1-3H3. The maximum Gasteiger partial charge on any atom is 0.0705 e. The molecule has 0 saturated heterocycles. The Morgan fingerprint density at radius 1 is 1.25 bits per heavy atom. The quantitative estimate of drug-likeness (QED) is 0.722. The molecule has 0 amide bonds. The number of aliphatic hydroxyl groups is 1. The summed E-state index contributed by atoms with van der Waals surface area (Å²) in [7, 11) is 0. The molecule has 0 aliphatic heterocycles. The Balaban J connectivity index is 2.52. The van der Waals surface area contributed by atoms with Gasteiger partial charge >= 0.3 is 0 Å². The van der Waals surface area contributed by atoms with Crippen LogP contribution in [0.2, 0.25) is 0 Å². The fourth-order valence-electron chi connectivity index (χ4n) is 1.92. The molecule has 1 atom stereocenters. The molecule has 0 heterocycles. The van der Waals surface area contributed by atoms with Crippen LogP contribution in [0.15, 0.2) is 18.2 Å².